The second kappa shape index (κ2) is 6.56. The zero-order valence-electron chi connectivity index (χ0n) is 15.2. The van der Waals surface area contributed by atoms with Crippen LogP contribution < -0.4 is 5.73 Å². The van der Waals surface area contributed by atoms with Gasteiger partial charge in [0.25, 0.3) is 0 Å². The molecule has 2 aliphatic rings. The largest absolute Gasteiger partial charge is 0.480 e. The molecule has 2 fully saturated rings. The Hall–Kier alpha value is -2.45. The first kappa shape index (κ1) is 18.9. The van der Waals surface area contributed by atoms with Crippen molar-refractivity contribution in [3.63, 3.8) is 0 Å². The number of aliphatic carboxylic acids is 1. The van der Waals surface area contributed by atoms with Gasteiger partial charge in [-0.3, -0.25) is 9.59 Å². The number of fused-ring (bicyclic) bond motifs is 3. The Labute approximate surface area is 163 Å². The minimum Gasteiger partial charge on any atom is -0.480 e. The number of carbonyl (C=O) groups is 2. The van der Waals surface area contributed by atoms with Crippen LogP contribution in [0, 0.1) is 5.41 Å². The number of rotatable bonds is 4. The van der Waals surface area contributed by atoms with Gasteiger partial charge in [0.15, 0.2) is 0 Å². The van der Waals surface area contributed by atoms with Crippen LogP contribution in [-0.2, 0) is 19.6 Å². The highest BCUT2D eigenvalue weighted by Crippen LogP contribution is 2.50. The Morgan fingerprint density at radius 1 is 1.11 bits per heavy atom. The zero-order chi connectivity index (χ0) is 20.1. The molecule has 3 atom stereocenters. The number of sulfonamides is 1. The van der Waals surface area contributed by atoms with Crippen LogP contribution in [0.2, 0.25) is 0 Å². The first-order chi connectivity index (χ1) is 13.3. The Morgan fingerprint density at radius 3 is 2.50 bits per heavy atom. The van der Waals surface area contributed by atoms with E-state index in [1.165, 1.54) is 6.07 Å². The number of benzene rings is 2. The molecule has 3 unspecified atom stereocenters. The molecule has 1 aliphatic carbocycles. The molecule has 3 N–H and O–H groups in total. The van der Waals surface area contributed by atoms with Crippen LogP contribution >= 0.6 is 0 Å². The number of nitrogens with two attached hydrogens (primary N) is 1. The van der Waals surface area contributed by atoms with E-state index in [9.17, 15) is 23.1 Å². The third-order valence-electron chi connectivity index (χ3n) is 6.17. The lowest BCUT2D eigenvalue weighted by Gasteiger charge is -2.34. The van der Waals surface area contributed by atoms with E-state index >= 15 is 0 Å². The van der Waals surface area contributed by atoms with Crippen LogP contribution in [0.3, 0.4) is 0 Å². The molecule has 0 spiro atoms. The van der Waals surface area contributed by atoms with E-state index in [1.807, 2.05) is 18.2 Å². The first-order valence-corrected chi connectivity index (χ1v) is 10.8. The van der Waals surface area contributed by atoms with E-state index < -0.39 is 39.4 Å². The van der Waals surface area contributed by atoms with E-state index in [1.54, 1.807) is 18.2 Å². The smallest absolute Gasteiger partial charge is 0.323 e. The summed E-state index contributed by atoms with van der Waals surface area (Å²) in [7, 11) is -4.12. The molecule has 1 amide bonds. The maximum Gasteiger partial charge on any atom is 0.323 e. The number of carboxylic acids is 1. The van der Waals surface area contributed by atoms with Gasteiger partial charge >= 0.3 is 5.97 Å². The molecule has 28 heavy (non-hydrogen) atoms. The van der Waals surface area contributed by atoms with E-state index in [2.05, 4.69) is 0 Å². The molecule has 0 aromatic heterocycles. The van der Waals surface area contributed by atoms with Crippen molar-refractivity contribution in [2.45, 2.75) is 49.1 Å². The highest BCUT2D eigenvalue weighted by Gasteiger charge is 2.63. The quantitative estimate of drug-likeness (QED) is 0.812. The predicted molar refractivity (Wildman–Crippen MR) is 103 cm³/mol. The van der Waals surface area contributed by atoms with Crippen molar-refractivity contribution >= 4 is 32.7 Å². The third kappa shape index (κ3) is 2.70. The molecule has 7 nitrogen and oxygen atoms in total. The number of carbonyl (C=O) groups excluding carboxylic acids is 1. The molecule has 1 saturated heterocycles. The fourth-order valence-corrected chi connectivity index (χ4v) is 6.75. The lowest BCUT2D eigenvalue weighted by atomic mass is 9.76. The summed E-state index contributed by atoms with van der Waals surface area (Å²) in [5.74, 6) is -2.06. The minimum absolute atomic E-state index is 0.0308. The highest BCUT2D eigenvalue weighted by atomic mass is 32.2. The van der Waals surface area contributed by atoms with Gasteiger partial charge < -0.3 is 10.8 Å². The lowest BCUT2D eigenvalue weighted by Crippen LogP contribution is -2.54. The Balaban J connectivity index is 1.87. The molecule has 1 aliphatic heterocycles. The highest BCUT2D eigenvalue weighted by molar-refractivity contribution is 7.89. The number of primary amides is 1. The lowest BCUT2D eigenvalue weighted by molar-refractivity contribution is -0.149. The molecule has 1 saturated carbocycles. The fraction of sp³-hybridized carbons (Fsp3) is 0.400. The van der Waals surface area contributed by atoms with Gasteiger partial charge in [-0.1, -0.05) is 43.2 Å². The van der Waals surface area contributed by atoms with Gasteiger partial charge in [0.2, 0.25) is 15.9 Å². The molecule has 1 heterocycles. The summed E-state index contributed by atoms with van der Waals surface area (Å²) in [6.07, 6.45) is 2.36. The van der Waals surface area contributed by atoms with Crippen LogP contribution in [0.1, 0.15) is 32.1 Å². The summed E-state index contributed by atoms with van der Waals surface area (Å²) in [6.45, 7) is 0. The molecule has 8 heteroatoms. The number of hydrogen-bond donors (Lipinski definition) is 2. The van der Waals surface area contributed by atoms with Crippen molar-refractivity contribution in [3.05, 3.63) is 42.5 Å². The van der Waals surface area contributed by atoms with Gasteiger partial charge in [0.1, 0.15) is 6.04 Å². The van der Waals surface area contributed by atoms with E-state index in [0.717, 1.165) is 21.5 Å². The van der Waals surface area contributed by atoms with E-state index in [4.69, 9.17) is 5.73 Å². The Bertz CT molecular complexity index is 1070. The second-order valence-corrected chi connectivity index (χ2v) is 9.55. The zero-order valence-corrected chi connectivity index (χ0v) is 16.1. The number of nitrogens with zero attached hydrogens (tertiary/aromatic N) is 1. The monoisotopic (exact) mass is 402 g/mol. The van der Waals surface area contributed by atoms with Crippen LogP contribution in [0.5, 0.6) is 0 Å². The Morgan fingerprint density at radius 2 is 1.82 bits per heavy atom. The average molecular weight is 402 g/mol. The molecular formula is C20H22N2O5S. The minimum atomic E-state index is -4.12. The fourth-order valence-electron chi connectivity index (χ4n) is 4.85. The number of amides is 1. The summed E-state index contributed by atoms with van der Waals surface area (Å²) < 4.78 is 28.1. The van der Waals surface area contributed by atoms with Crippen molar-refractivity contribution in [2.24, 2.45) is 11.1 Å². The standard InChI is InChI=1S/C20H22N2O5S/c21-19(25)20-10-4-3-7-15(12-20)22(17(20)18(23)24)28(26,27)16-9-8-13-5-1-2-6-14(13)11-16/h1-2,5-6,8-9,11,15,17H,3-4,7,10,12H2,(H2,21,25)(H,23,24). The van der Waals surface area contributed by atoms with Crippen LogP contribution in [-0.4, -0.2) is 41.8 Å². The molecule has 2 bridgehead atoms. The predicted octanol–water partition coefficient (Wildman–Crippen LogP) is 2.10. The van der Waals surface area contributed by atoms with Crippen molar-refractivity contribution in [2.75, 3.05) is 0 Å². The summed E-state index contributed by atoms with van der Waals surface area (Å²) >= 11 is 0. The average Bonchev–Trinajstić information content (AvgIpc) is 2.84. The van der Waals surface area contributed by atoms with Gasteiger partial charge in [0, 0.05) is 6.04 Å². The maximum absolute atomic E-state index is 13.5. The van der Waals surface area contributed by atoms with Crippen molar-refractivity contribution in [1.82, 2.24) is 4.31 Å². The van der Waals surface area contributed by atoms with Crippen LogP contribution in [0.15, 0.2) is 47.4 Å². The molecule has 4 rings (SSSR count). The van der Waals surface area contributed by atoms with Gasteiger partial charge in [-0.15, -0.1) is 0 Å². The normalized spacial score (nSPS) is 28.1. The molecule has 2 aromatic carbocycles. The molecule has 148 valence electrons. The van der Waals surface area contributed by atoms with Gasteiger partial charge in [-0.05, 0) is 42.2 Å². The molecule has 0 radical (unpaired) electrons. The van der Waals surface area contributed by atoms with E-state index in [0.29, 0.717) is 19.3 Å². The summed E-state index contributed by atoms with van der Waals surface area (Å²) in [4.78, 5) is 24.5. The second-order valence-electron chi connectivity index (χ2n) is 7.71. The van der Waals surface area contributed by atoms with Crippen LogP contribution in [0.25, 0.3) is 10.8 Å². The van der Waals surface area contributed by atoms with Gasteiger partial charge in [-0.2, -0.15) is 4.31 Å². The summed E-state index contributed by atoms with van der Waals surface area (Å²) in [5.41, 5.74) is 4.27. The molecular weight excluding hydrogens is 380 g/mol. The molecule has 2 aromatic rings. The van der Waals surface area contributed by atoms with Crippen molar-refractivity contribution in [3.8, 4) is 0 Å². The van der Waals surface area contributed by atoms with Crippen LogP contribution in [0.4, 0.5) is 0 Å². The number of carboxylic acid groups (broad SMARTS) is 1. The number of hydrogen-bond acceptors (Lipinski definition) is 4. The van der Waals surface area contributed by atoms with Crippen molar-refractivity contribution < 1.29 is 23.1 Å². The van der Waals surface area contributed by atoms with Gasteiger partial charge in [-0.25, -0.2) is 8.42 Å². The SMILES string of the molecule is NC(=O)C12CCCCC(C1)N(S(=O)(=O)c1ccc3ccccc3c1)C2C(=O)O. The first-order valence-electron chi connectivity index (χ1n) is 9.32. The summed E-state index contributed by atoms with van der Waals surface area (Å²) in [6, 6.07) is 10.1. The van der Waals surface area contributed by atoms with E-state index in [-0.39, 0.29) is 11.3 Å². The topological polar surface area (TPSA) is 118 Å². The Kier molecular flexibility index (Phi) is 4.43. The van der Waals surface area contributed by atoms with Crippen molar-refractivity contribution in [1.29, 1.82) is 0 Å². The van der Waals surface area contributed by atoms with Gasteiger partial charge in [0.05, 0.1) is 10.3 Å². The maximum atomic E-state index is 13.5. The third-order valence-corrected chi connectivity index (χ3v) is 8.08. The summed E-state index contributed by atoms with van der Waals surface area (Å²) in [5, 5.41) is 11.5.